The molecule has 1 amide bonds. The van der Waals surface area contributed by atoms with E-state index in [1.807, 2.05) is 0 Å². The number of sulfone groups is 1. The number of aromatic nitrogens is 2. The van der Waals surface area contributed by atoms with Gasteiger partial charge in [-0.2, -0.15) is 5.10 Å². The molecule has 3 aromatic rings. The predicted molar refractivity (Wildman–Crippen MR) is 96.4 cm³/mol. The number of hydrogen-bond acceptors (Lipinski definition) is 5. The van der Waals surface area contributed by atoms with Crippen molar-refractivity contribution in [3.8, 4) is 0 Å². The van der Waals surface area contributed by atoms with Crippen LogP contribution in [0.1, 0.15) is 27.9 Å². The highest BCUT2D eigenvalue weighted by molar-refractivity contribution is 9.10. The molecule has 3 heterocycles. The Morgan fingerprint density at radius 1 is 1.31 bits per heavy atom. The molecule has 26 heavy (non-hydrogen) atoms. The maximum Gasteiger partial charge on any atom is 0.287 e. The molecule has 0 saturated carbocycles. The Balaban J connectivity index is 1.49. The highest BCUT2D eigenvalue weighted by atomic mass is 79.9. The van der Waals surface area contributed by atoms with Crippen LogP contribution in [0.3, 0.4) is 0 Å². The van der Waals surface area contributed by atoms with Crippen LogP contribution in [-0.4, -0.2) is 29.9 Å². The number of furan rings is 1. The number of rotatable bonds is 4. The van der Waals surface area contributed by atoms with Crippen molar-refractivity contribution in [1.82, 2.24) is 15.1 Å². The van der Waals surface area contributed by atoms with Gasteiger partial charge in [-0.05, 0) is 39.7 Å². The summed E-state index contributed by atoms with van der Waals surface area (Å²) in [6, 6.07) is 9.39. The number of nitrogens with zero attached hydrogens (tertiary/aromatic N) is 2. The fourth-order valence-electron chi connectivity index (χ4n) is 2.97. The molecule has 1 aliphatic heterocycles. The highest BCUT2D eigenvalue weighted by Crippen LogP contribution is 2.33. The summed E-state index contributed by atoms with van der Waals surface area (Å²) in [5.74, 6) is 0.112. The van der Waals surface area contributed by atoms with Gasteiger partial charge in [-0.15, -0.1) is 0 Å². The lowest BCUT2D eigenvalue weighted by molar-refractivity contribution is 0.0910. The Kier molecular flexibility index (Phi) is 4.20. The van der Waals surface area contributed by atoms with Gasteiger partial charge in [0.25, 0.3) is 5.91 Å². The fraction of sp³-hybridized carbons (Fsp3) is 0.176. The summed E-state index contributed by atoms with van der Waals surface area (Å²) in [6.45, 7) is 0.388. The second kappa shape index (κ2) is 6.40. The Bertz CT molecular complexity index is 1090. The number of halogens is 1. The zero-order valence-corrected chi connectivity index (χ0v) is 15.8. The van der Waals surface area contributed by atoms with Crippen LogP contribution in [0.4, 0.5) is 0 Å². The lowest BCUT2D eigenvalue weighted by Gasteiger charge is -2.11. The van der Waals surface area contributed by atoms with Crippen molar-refractivity contribution in [2.45, 2.75) is 17.5 Å². The van der Waals surface area contributed by atoms with Crippen LogP contribution in [0.2, 0.25) is 0 Å². The van der Waals surface area contributed by atoms with E-state index in [0.29, 0.717) is 17.9 Å². The summed E-state index contributed by atoms with van der Waals surface area (Å²) in [5, 5.41) is 6.88. The quantitative estimate of drug-likeness (QED) is 0.679. The Morgan fingerprint density at radius 2 is 2.12 bits per heavy atom. The van der Waals surface area contributed by atoms with Gasteiger partial charge in [0.15, 0.2) is 15.6 Å². The van der Waals surface area contributed by atoms with Crippen LogP contribution >= 0.6 is 15.9 Å². The van der Waals surface area contributed by atoms with Gasteiger partial charge in [-0.3, -0.25) is 9.48 Å². The molecule has 1 unspecified atom stereocenters. The van der Waals surface area contributed by atoms with Crippen LogP contribution in [0.15, 0.2) is 62.6 Å². The molecule has 1 N–H and O–H groups in total. The first kappa shape index (κ1) is 17.0. The fourth-order valence-corrected chi connectivity index (χ4v) is 5.03. The Labute approximate surface area is 158 Å². The molecule has 2 aromatic heterocycles. The molecule has 4 rings (SSSR count). The molecular formula is C17H14BrN3O4S. The van der Waals surface area contributed by atoms with Gasteiger partial charge in [0, 0.05) is 6.20 Å². The Hall–Kier alpha value is -2.39. The SMILES string of the molecule is O=C(NC1CS(=O)(=O)c2ccccc21)c1ccc(Cn2cc(Br)cn2)o1. The van der Waals surface area contributed by atoms with Crippen molar-refractivity contribution in [3.05, 3.63) is 70.3 Å². The average Bonchev–Trinajstić information content (AvgIpc) is 3.28. The largest absolute Gasteiger partial charge is 0.454 e. The van der Waals surface area contributed by atoms with Gasteiger partial charge in [0.05, 0.1) is 33.9 Å². The van der Waals surface area contributed by atoms with Crippen molar-refractivity contribution in [1.29, 1.82) is 0 Å². The minimum absolute atomic E-state index is 0.132. The van der Waals surface area contributed by atoms with Gasteiger partial charge >= 0.3 is 0 Å². The van der Waals surface area contributed by atoms with Gasteiger partial charge in [0.2, 0.25) is 0 Å². The lowest BCUT2D eigenvalue weighted by Crippen LogP contribution is -2.29. The topological polar surface area (TPSA) is 94.2 Å². The molecule has 0 bridgehead atoms. The van der Waals surface area contributed by atoms with Gasteiger partial charge in [-0.1, -0.05) is 18.2 Å². The Morgan fingerprint density at radius 3 is 2.88 bits per heavy atom. The van der Waals surface area contributed by atoms with Crippen molar-refractivity contribution < 1.29 is 17.6 Å². The second-order valence-corrected chi connectivity index (χ2v) is 8.89. The summed E-state index contributed by atoms with van der Waals surface area (Å²) in [7, 11) is -3.38. The molecule has 134 valence electrons. The third kappa shape index (κ3) is 3.19. The van der Waals surface area contributed by atoms with Crippen LogP contribution in [0.25, 0.3) is 0 Å². The first-order valence-corrected chi connectivity index (χ1v) is 10.3. The number of carbonyl (C=O) groups is 1. The summed E-state index contributed by atoms with van der Waals surface area (Å²) in [6.07, 6.45) is 3.46. The number of fused-ring (bicyclic) bond motifs is 1. The molecule has 0 aliphatic carbocycles. The van der Waals surface area contributed by atoms with Gasteiger partial charge in [-0.25, -0.2) is 8.42 Å². The van der Waals surface area contributed by atoms with Crippen LogP contribution in [-0.2, 0) is 16.4 Å². The number of hydrogen-bond donors (Lipinski definition) is 1. The van der Waals surface area contributed by atoms with E-state index in [9.17, 15) is 13.2 Å². The van der Waals surface area contributed by atoms with Crippen LogP contribution in [0.5, 0.6) is 0 Å². The highest BCUT2D eigenvalue weighted by Gasteiger charge is 2.35. The first-order chi connectivity index (χ1) is 12.4. The molecule has 0 spiro atoms. The summed E-state index contributed by atoms with van der Waals surface area (Å²) >= 11 is 3.32. The van der Waals surface area contributed by atoms with Gasteiger partial charge in [0.1, 0.15) is 5.76 Å². The normalized spacial score (nSPS) is 17.8. The molecule has 1 aliphatic rings. The first-order valence-electron chi connectivity index (χ1n) is 7.81. The summed E-state index contributed by atoms with van der Waals surface area (Å²) in [5.41, 5.74) is 0.606. The van der Waals surface area contributed by atoms with E-state index < -0.39 is 21.8 Å². The van der Waals surface area contributed by atoms with E-state index in [0.717, 1.165) is 4.47 Å². The second-order valence-electron chi connectivity index (χ2n) is 5.97. The number of benzene rings is 1. The lowest BCUT2D eigenvalue weighted by atomic mass is 10.1. The molecule has 7 nitrogen and oxygen atoms in total. The van der Waals surface area contributed by atoms with Gasteiger partial charge < -0.3 is 9.73 Å². The minimum atomic E-state index is -3.38. The maximum absolute atomic E-state index is 12.5. The minimum Gasteiger partial charge on any atom is -0.454 e. The maximum atomic E-state index is 12.5. The number of carbonyl (C=O) groups excluding carboxylic acids is 1. The number of nitrogens with one attached hydrogen (secondary N) is 1. The van der Waals surface area contributed by atoms with Crippen LogP contribution in [0, 0.1) is 0 Å². The molecule has 0 radical (unpaired) electrons. The monoisotopic (exact) mass is 435 g/mol. The third-order valence-electron chi connectivity index (χ3n) is 4.13. The van der Waals surface area contributed by atoms with Crippen molar-refractivity contribution in [2.75, 3.05) is 5.75 Å². The standard InChI is InChI=1S/C17H14BrN3O4S/c18-11-7-19-21(8-11)9-12-5-6-15(25-12)17(22)20-14-10-26(23,24)16-4-2-1-3-13(14)16/h1-8,14H,9-10H2,(H,20,22). The van der Waals surface area contributed by atoms with Crippen LogP contribution < -0.4 is 5.32 Å². The zero-order valence-electron chi connectivity index (χ0n) is 13.4. The van der Waals surface area contributed by atoms with E-state index in [2.05, 4.69) is 26.3 Å². The number of amides is 1. The van der Waals surface area contributed by atoms with Crippen molar-refractivity contribution >= 4 is 31.7 Å². The van der Waals surface area contributed by atoms with Crippen molar-refractivity contribution in [3.63, 3.8) is 0 Å². The zero-order chi connectivity index (χ0) is 18.3. The van der Waals surface area contributed by atoms with E-state index in [1.54, 1.807) is 53.5 Å². The van der Waals surface area contributed by atoms with E-state index in [4.69, 9.17) is 4.42 Å². The average molecular weight is 436 g/mol. The van der Waals surface area contributed by atoms with E-state index in [1.165, 1.54) is 0 Å². The van der Waals surface area contributed by atoms with Crippen molar-refractivity contribution in [2.24, 2.45) is 0 Å². The molecule has 0 fully saturated rings. The third-order valence-corrected chi connectivity index (χ3v) is 6.35. The molecule has 0 saturated heterocycles. The molecule has 1 atom stereocenters. The molecule has 1 aromatic carbocycles. The summed E-state index contributed by atoms with van der Waals surface area (Å²) < 4.78 is 32.5. The predicted octanol–water partition coefficient (Wildman–Crippen LogP) is 2.55. The smallest absolute Gasteiger partial charge is 0.287 e. The molecular weight excluding hydrogens is 422 g/mol. The summed E-state index contributed by atoms with van der Waals surface area (Å²) in [4.78, 5) is 12.7. The molecule has 9 heteroatoms. The van der Waals surface area contributed by atoms with E-state index in [-0.39, 0.29) is 16.4 Å². The van der Waals surface area contributed by atoms with E-state index >= 15 is 0 Å².